The largest absolute Gasteiger partial charge is 0.323 e. The van der Waals surface area contributed by atoms with Gasteiger partial charge in [0, 0.05) is 11.3 Å². The normalized spacial score (nSPS) is 10.8. The van der Waals surface area contributed by atoms with E-state index in [-0.39, 0.29) is 17.3 Å². The molecule has 0 fully saturated rings. The number of anilines is 1. The van der Waals surface area contributed by atoms with Gasteiger partial charge in [0.15, 0.2) is 0 Å². The highest BCUT2D eigenvalue weighted by Gasteiger charge is 2.10. The Hall–Kier alpha value is -2.19. The molecular formula is C16H15FN4OS2. The molecule has 0 unspecified atom stereocenters. The van der Waals surface area contributed by atoms with Crippen LogP contribution in [-0.4, -0.2) is 26.8 Å². The van der Waals surface area contributed by atoms with Crippen LogP contribution in [0.2, 0.25) is 0 Å². The summed E-state index contributed by atoms with van der Waals surface area (Å²) in [4.78, 5) is 17.5. The maximum Gasteiger partial charge on any atom is 0.234 e. The van der Waals surface area contributed by atoms with E-state index in [4.69, 9.17) is 0 Å². The first-order valence-electron chi connectivity index (χ1n) is 7.22. The van der Waals surface area contributed by atoms with Crippen molar-refractivity contribution >= 4 is 34.7 Å². The molecule has 0 aliphatic rings. The van der Waals surface area contributed by atoms with Crippen LogP contribution in [0.3, 0.4) is 0 Å². The second-order valence-corrected chi connectivity index (χ2v) is 7.12. The second-order valence-electron chi connectivity index (χ2n) is 5.14. The van der Waals surface area contributed by atoms with Crippen molar-refractivity contribution in [3.8, 4) is 0 Å². The van der Waals surface area contributed by atoms with E-state index in [0.29, 0.717) is 11.6 Å². The van der Waals surface area contributed by atoms with Gasteiger partial charge in [0.1, 0.15) is 11.6 Å². The highest BCUT2D eigenvalue weighted by Crippen LogP contribution is 2.18. The van der Waals surface area contributed by atoms with E-state index in [0.717, 1.165) is 11.4 Å². The van der Waals surface area contributed by atoms with Crippen LogP contribution in [0.1, 0.15) is 16.3 Å². The number of aromatic amines is 1. The van der Waals surface area contributed by atoms with Gasteiger partial charge in [-0.3, -0.25) is 9.89 Å². The molecule has 0 aliphatic heterocycles. The summed E-state index contributed by atoms with van der Waals surface area (Å²) in [5, 5.41) is 12.0. The predicted molar refractivity (Wildman–Crippen MR) is 94.0 cm³/mol. The number of aryl methyl sites for hydroxylation is 1. The molecule has 2 aromatic heterocycles. The van der Waals surface area contributed by atoms with E-state index in [1.807, 2.05) is 17.5 Å². The first kappa shape index (κ1) is 16.7. The molecule has 0 saturated carbocycles. The number of hydrogen-bond donors (Lipinski definition) is 2. The summed E-state index contributed by atoms with van der Waals surface area (Å²) in [5.41, 5.74) is 0.985. The third-order valence-corrected chi connectivity index (χ3v) is 4.89. The molecule has 124 valence electrons. The third kappa shape index (κ3) is 4.42. The minimum Gasteiger partial charge on any atom is -0.323 e. The highest BCUT2D eigenvalue weighted by atomic mass is 32.2. The van der Waals surface area contributed by atoms with E-state index in [1.54, 1.807) is 30.4 Å². The van der Waals surface area contributed by atoms with Crippen molar-refractivity contribution in [3.05, 3.63) is 57.8 Å². The fourth-order valence-electron chi connectivity index (χ4n) is 2.04. The Balaban J connectivity index is 1.52. The summed E-state index contributed by atoms with van der Waals surface area (Å²) in [7, 11) is 0. The smallest absolute Gasteiger partial charge is 0.234 e. The Morgan fingerprint density at radius 3 is 3.04 bits per heavy atom. The summed E-state index contributed by atoms with van der Waals surface area (Å²) in [5.74, 6) is 0.130. The van der Waals surface area contributed by atoms with Gasteiger partial charge in [-0.1, -0.05) is 23.9 Å². The maximum absolute atomic E-state index is 13.7. The number of benzene rings is 1. The van der Waals surface area contributed by atoms with E-state index < -0.39 is 5.82 Å². The zero-order valence-electron chi connectivity index (χ0n) is 12.9. The molecule has 24 heavy (non-hydrogen) atoms. The first-order valence-corrected chi connectivity index (χ1v) is 9.09. The van der Waals surface area contributed by atoms with E-state index in [1.165, 1.54) is 22.7 Å². The molecule has 0 radical (unpaired) electrons. The molecule has 2 heterocycles. The molecule has 0 bridgehead atoms. The summed E-state index contributed by atoms with van der Waals surface area (Å²) in [6.45, 7) is 1.79. The number of amides is 1. The Morgan fingerprint density at radius 2 is 2.29 bits per heavy atom. The van der Waals surface area contributed by atoms with Crippen LogP contribution in [0.5, 0.6) is 0 Å². The number of nitrogens with one attached hydrogen (secondary N) is 2. The van der Waals surface area contributed by atoms with Crippen molar-refractivity contribution in [2.24, 2.45) is 0 Å². The molecule has 3 rings (SSSR count). The number of aromatic nitrogens is 3. The highest BCUT2D eigenvalue weighted by molar-refractivity contribution is 7.99. The average Bonchev–Trinajstić information content (AvgIpc) is 3.20. The van der Waals surface area contributed by atoms with Crippen LogP contribution < -0.4 is 5.32 Å². The molecule has 8 heteroatoms. The van der Waals surface area contributed by atoms with Crippen LogP contribution in [0.25, 0.3) is 0 Å². The van der Waals surface area contributed by atoms with Crippen LogP contribution in [0.4, 0.5) is 10.1 Å². The van der Waals surface area contributed by atoms with Gasteiger partial charge in [0.05, 0.1) is 11.4 Å². The maximum atomic E-state index is 13.7. The van der Waals surface area contributed by atoms with Crippen LogP contribution in [0, 0.1) is 12.7 Å². The molecule has 0 atom stereocenters. The minimum absolute atomic E-state index is 0.115. The molecule has 0 saturated heterocycles. The van der Waals surface area contributed by atoms with Crippen molar-refractivity contribution in [1.82, 2.24) is 15.2 Å². The zero-order valence-corrected chi connectivity index (χ0v) is 14.5. The van der Waals surface area contributed by atoms with Gasteiger partial charge in [0.25, 0.3) is 0 Å². The Bertz CT molecular complexity index is 832. The van der Waals surface area contributed by atoms with Gasteiger partial charge in [0.2, 0.25) is 11.1 Å². The quantitative estimate of drug-likeness (QED) is 0.657. The van der Waals surface area contributed by atoms with Crippen LogP contribution >= 0.6 is 23.1 Å². The Kier molecular flexibility index (Phi) is 5.27. The summed E-state index contributed by atoms with van der Waals surface area (Å²) < 4.78 is 13.7. The molecule has 5 nitrogen and oxygen atoms in total. The van der Waals surface area contributed by atoms with Gasteiger partial charge >= 0.3 is 0 Å². The molecule has 2 N–H and O–H groups in total. The van der Waals surface area contributed by atoms with Gasteiger partial charge in [-0.25, -0.2) is 9.37 Å². The summed E-state index contributed by atoms with van der Waals surface area (Å²) in [6, 6.07) is 8.70. The molecular weight excluding hydrogens is 347 g/mol. The number of rotatable bonds is 6. The number of thiophene rings is 1. The number of carbonyl (C=O) groups excluding carboxylic acids is 1. The number of H-pyrrole nitrogens is 1. The fraction of sp³-hybridized carbons (Fsp3) is 0.188. The lowest BCUT2D eigenvalue weighted by molar-refractivity contribution is -0.113. The Labute approximate surface area is 146 Å². The third-order valence-electron chi connectivity index (χ3n) is 3.16. The van der Waals surface area contributed by atoms with E-state index >= 15 is 0 Å². The van der Waals surface area contributed by atoms with Crippen molar-refractivity contribution in [1.29, 1.82) is 0 Å². The van der Waals surface area contributed by atoms with Crippen molar-refractivity contribution in [2.75, 3.05) is 11.1 Å². The number of nitrogens with zero attached hydrogens (tertiary/aromatic N) is 2. The lowest BCUT2D eigenvalue weighted by Crippen LogP contribution is -2.15. The van der Waals surface area contributed by atoms with Gasteiger partial charge < -0.3 is 5.32 Å². The SMILES string of the molecule is Cc1ccc(NC(=O)CSc2n[nH]c(Cc3cccs3)n2)c(F)c1. The average molecular weight is 362 g/mol. The molecule has 0 aliphatic carbocycles. The van der Waals surface area contributed by atoms with Crippen LogP contribution in [-0.2, 0) is 11.2 Å². The monoisotopic (exact) mass is 362 g/mol. The summed E-state index contributed by atoms with van der Waals surface area (Å²) >= 11 is 2.86. The predicted octanol–water partition coefficient (Wildman–Crippen LogP) is 3.64. The second kappa shape index (κ2) is 7.59. The molecule has 3 aromatic rings. The number of thioether (sulfide) groups is 1. The van der Waals surface area contributed by atoms with Gasteiger partial charge in [-0.15, -0.1) is 16.4 Å². The van der Waals surface area contributed by atoms with Gasteiger partial charge in [-0.05, 0) is 36.1 Å². The lowest BCUT2D eigenvalue weighted by atomic mass is 10.2. The fourth-order valence-corrected chi connectivity index (χ4v) is 3.36. The van der Waals surface area contributed by atoms with Crippen molar-refractivity contribution in [2.45, 2.75) is 18.5 Å². The van der Waals surface area contributed by atoms with Crippen molar-refractivity contribution < 1.29 is 9.18 Å². The van der Waals surface area contributed by atoms with Crippen LogP contribution in [0.15, 0.2) is 40.9 Å². The van der Waals surface area contributed by atoms with E-state index in [2.05, 4.69) is 20.5 Å². The number of hydrogen-bond acceptors (Lipinski definition) is 5. The lowest BCUT2D eigenvalue weighted by Gasteiger charge is -2.06. The molecule has 1 amide bonds. The van der Waals surface area contributed by atoms with Gasteiger partial charge in [-0.2, -0.15) is 0 Å². The topological polar surface area (TPSA) is 70.7 Å². The molecule has 1 aromatic carbocycles. The molecule has 0 spiro atoms. The zero-order chi connectivity index (χ0) is 16.9. The Morgan fingerprint density at radius 1 is 1.42 bits per heavy atom. The number of carbonyl (C=O) groups is 1. The first-order chi connectivity index (χ1) is 11.6. The van der Waals surface area contributed by atoms with E-state index in [9.17, 15) is 9.18 Å². The standard InChI is InChI=1S/C16H15FN4OS2/c1-10-4-5-13(12(17)7-10)18-15(22)9-24-16-19-14(20-21-16)8-11-3-2-6-23-11/h2-7H,8-9H2,1H3,(H,18,22)(H,19,20,21). The minimum atomic E-state index is -0.440. The van der Waals surface area contributed by atoms with Crippen molar-refractivity contribution in [3.63, 3.8) is 0 Å². The number of halogens is 1. The summed E-state index contributed by atoms with van der Waals surface area (Å²) in [6.07, 6.45) is 0.687.